The summed E-state index contributed by atoms with van der Waals surface area (Å²) < 4.78 is 32.0. The summed E-state index contributed by atoms with van der Waals surface area (Å²) in [4.78, 5) is 2.11. The summed E-state index contributed by atoms with van der Waals surface area (Å²) >= 11 is 0. The fourth-order valence-electron chi connectivity index (χ4n) is 2.18. The molecule has 0 aliphatic carbocycles. The van der Waals surface area contributed by atoms with E-state index >= 15 is 0 Å². The highest BCUT2D eigenvalue weighted by atomic mass is 19.2. The Hall–Kier alpha value is -1.04. The first-order valence-corrected chi connectivity index (χ1v) is 6.86. The van der Waals surface area contributed by atoms with Crippen LogP contribution >= 0.6 is 0 Å². The summed E-state index contributed by atoms with van der Waals surface area (Å²) in [5.41, 5.74) is 6.24. The SMILES string of the molecule is COCCN(CC(C)C)CC(N)c1cccc(F)c1F. The molecule has 0 radical (unpaired) electrons. The van der Waals surface area contributed by atoms with E-state index < -0.39 is 17.7 Å². The first-order chi connectivity index (χ1) is 9.45. The van der Waals surface area contributed by atoms with Crippen LogP contribution in [0.15, 0.2) is 18.2 Å². The Morgan fingerprint density at radius 1 is 1.25 bits per heavy atom. The first-order valence-electron chi connectivity index (χ1n) is 6.86. The van der Waals surface area contributed by atoms with Gasteiger partial charge >= 0.3 is 0 Å². The Morgan fingerprint density at radius 2 is 1.95 bits per heavy atom. The van der Waals surface area contributed by atoms with Crippen LogP contribution in [0.4, 0.5) is 8.78 Å². The molecule has 0 aliphatic rings. The van der Waals surface area contributed by atoms with Gasteiger partial charge < -0.3 is 10.5 Å². The van der Waals surface area contributed by atoms with E-state index in [9.17, 15) is 8.78 Å². The van der Waals surface area contributed by atoms with Crippen molar-refractivity contribution in [3.8, 4) is 0 Å². The largest absolute Gasteiger partial charge is 0.383 e. The van der Waals surface area contributed by atoms with Crippen LogP contribution in [0.3, 0.4) is 0 Å². The summed E-state index contributed by atoms with van der Waals surface area (Å²) in [6.07, 6.45) is 0. The molecule has 114 valence electrons. The third-order valence-electron chi connectivity index (χ3n) is 3.07. The summed E-state index contributed by atoms with van der Waals surface area (Å²) in [5, 5.41) is 0. The van der Waals surface area contributed by atoms with Crippen LogP contribution in [0, 0.1) is 17.6 Å². The molecule has 0 amide bonds. The molecule has 1 aromatic rings. The highest BCUT2D eigenvalue weighted by Gasteiger charge is 2.18. The van der Waals surface area contributed by atoms with E-state index in [1.54, 1.807) is 7.11 Å². The van der Waals surface area contributed by atoms with Crippen molar-refractivity contribution >= 4 is 0 Å². The van der Waals surface area contributed by atoms with Crippen molar-refractivity contribution in [3.05, 3.63) is 35.4 Å². The number of methoxy groups -OCH3 is 1. The number of halogens is 2. The predicted octanol–water partition coefficient (Wildman–Crippen LogP) is 2.57. The summed E-state index contributed by atoms with van der Waals surface area (Å²) in [6.45, 7) is 6.84. The van der Waals surface area contributed by atoms with E-state index in [1.807, 2.05) is 0 Å². The number of benzene rings is 1. The molecule has 0 fully saturated rings. The van der Waals surface area contributed by atoms with Crippen LogP contribution in [-0.2, 0) is 4.74 Å². The Kier molecular flexibility index (Phi) is 7.05. The topological polar surface area (TPSA) is 38.5 Å². The lowest BCUT2D eigenvalue weighted by atomic mass is 10.1. The first kappa shape index (κ1) is 17.0. The molecule has 0 saturated heterocycles. The third-order valence-corrected chi connectivity index (χ3v) is 3.07. The van der Waals surface area contributed by atoms with Gasteiger partial charge in [-0.3, -0.25) is 4.90 Å². The zero-order valence-electron chi connectivity index (χ0n) is 12.4. The number of nitrogens with zero attached hydrogens (tertiary/aromatic N) is 1. The molecule has 0 heterocycles. The fourth-order valence-corrected chi connectivity index (χ4v) is 2.18. The van der Waals surface area contributed by atoms with E-state index in [2.05, 4.69) is 18.7 Å². The van der Waals surface area contributed by atoms with Crippen LogP contribution < -0.4 is 5.73 Å². The van der Waals surface area contributed by atoms with Gasteiger partial charge in [0.15, 0.2) is 11.6 Å². The Bertz CT molecular complexity index is 413. The molecular weight excluding hydrogens is 262 g/mol. The van der Waals surface area contributed by atoms with Crippen LogP contribution in [0.5, 0.6) is 0 Å². The van der Waals surface area contributed by atoms with Crippen molar-refractivity contribution < 1.29 is 13.5 Å². The van der Waals surface area contributed by atoms with Gasteiger partial charge in [-0.05, 0) is 12.0 Å². The van der Waals surface area contributed by atoms with Gasteiger partial charge in [-0.15, -0.1) is 0 Å². The molecule has 1 unspecified atom stereocenters. The maximum Gasteiger partial charge on any atom is 0.163 e. The van der Waals surface area contributed by atoms with Gasteiger partial charge in [-0.2, -0.15) is 0 Å². The molecule has 0 spiro atoms. The van der Waals surface area contributed by atoms with Gasteiger partial charge in [0.1, 0.15) is 0 Å². The highest BCUT2D eigenvalue weighted by Crippen LogP contribution is 2.18. The lowest BCUT2D eigenvalue weighted by molar-refractivity contribution is 0.135. The normalized spacial score (nSPS) is 13.2. The minimum absolute atomic E-state index is 0.219. The van der Waals surface area contributed by atoms with Gasteiger partial charge in [0.05, 0.1) is 6.61 Å². The average Bonchev–Trinajstić information content (AvgIpc) is 2.38. The van der Waals surface area contributed by atoms with Crippen LogP contribution in [0.2, 0.25) is 0 Å². The van der Waals surface area contributed by atoms with Gasteiger partial charge in [0.25, 0.3) is 0 Å². The molecule has 0 aromatic heterocycles. The summed E-state index contributed by atoms with van der Waals surface area (Å²) in [6, 6.07) is 3.56. The number of ether oxygens (including phenoxy) is 1. The molecule has 0 bridgehead atoms. The number of nitrogens with two attached hydrogens (primary N) is 1. The second-order valence-electron chi connectivity index (χ2n) is 5.40. The molecule has 1 rings (SSSR count). The number of rotatable bonds is 8. The molecule has 1 atom stereocenters. The summed E-state index contributed by atoms with van der Waals surface area (Å²) in [5.74, 6) is -1.24. The molecule has 1 aromatic carbocycles. The minimum Gasteiger partial charge on any atom is -0.383 e. The molecule has 20 heavy (non-hydrogen) atoms. The highest BCUT2D eigenvalue weighted by molar-refractivity contribution is 5.22. The predicted molar refractivity (Wildman–Crippen MR) is 76.4 cm³/mol. The average molecular weight is 286 g/mol. The monoisotopic (exact) mass is 286 g/mol. The third kappa shape index (κ3) is 5.15. The maximum atomic E-state index is 13.7. The van der Waals surface area contributed by atoms with E-state index in [-0.39, 0.29) is 5.56 Å². The molecule has 0 saturated carbocycles. The summed E-state index contributed by atoms with van der Waals surface area (Å²) in [7, 11) is 1.64. The van der Waals surface area contributed by atoms with Crippen molar-refractivity contribution in [2.24, 2.45) is 11.7 Å². The van der Waals surface area contributed by atoms with E-state index in [0.29, 0.717) is 19.1 Å². The van der Waals surface area contributed by atoms with Crippen LogP contribution in [0.1, 0.15) is 25.5 Å². The molecular formula is C15H24F2N2O. The molecule has 5 heteroatoms. The fraction of sp³-hybridized carbons (Fsp3) is 0.600. The molecule has 2 N–H and O–H groups in total. The second kappa shape index (κ2) is 8.29. The van der Waals surface area contributed by atoms with E-state index in [4.69, 9.17) is 10.5 Å². The van der Waals surface area contributed by atoms with Gasteiger partial charge in [0, 0.05) is 38.3 Å². The lowest BCUT2D eigenvalue weighted by Crippen LogP contribution is -2.37. The quantitative estimate of drug-likeness (QED) is 0.798. The standard InChI is InChI=1S/C15H24F2N2O/c1-11(2)9-19(7-8-20-3)10-14(18)12-5-4-6-13(16)15(12)17/h4-6,11,14H,7-10,18H2,1-3H3. The van der Waals surface area contributed by atoms with E-state index in [0.717, 1.165) is 19.2 Å². The van der Waals surface area contributed by atoms with Crippen LogP contribution in [-0.4, -0.2) is 38.3 Å². The number of hydrogen-bond acceptors (Lipinski definition) is 3. The number of hydrogen-bond donors (Lipinski definition) is 1. The van der Waals surface area contributed by atoms with Crippen molar-refractivity contribution in [2.75, 3.05) is 33.4 Å². The molecule has 3 nitrogen and oxygen atoms in total. The Balaban J connectivity index is 2.73. The zero-order chi connectivity index (χ0) is 15.1. The smallest absolute Gasteiger partial charge is 0.163 e. The van der Waals surface area contributed by atoms with Crippen molar-refractivity contribution in [1.29, 1.82) is 0 Å². The lowest BCUT2D eigenvalue weighted by Gasteiger charge is -2.27. The minimum atomic E-state index is -0.856. The van der Waals surface area contributed by atoms with Crippen molar-refractivity contribution in [2.45, 2.75) is 19.9 Å². The zero-order valence-corrected chi connectivity index (χ0v) is 12.4. The van der Waals surface area contributed by atoms with Crippen molar-refractivity contribution in [3.63, 3.8) is 0 Å². The van der Waals surface area contributed by atoms with Crippen molar-refractivity contribution in [1.82, 2.24) is 4.90 Å². The van der Waals surface area contributed by atoms with Gasteiger partial charge in [0.2, 0.25) is 0 Å². The van der Waals surface area contributed by atoms with E-state index in [1.165, 1.54) is 12.1 Å². The second-order valence-corrected chi connectivity index (χ2v) is 5.40. The Morgan fingerprint density at radius 3 is 2.55 bits per heavy atom. The molecule has 0 aliphatic heterocycles. The Labute approximate surface area is 119 Å². The van der Waals surface area contributed by atoms with Gasteiger partial charge in [-0.1, -0.05) is 26.0 Å². The van der Waals surface area contributed by atoms with Crippen LogP contribution in [0.25, 0.3) is 0 Å². The maximum absolute atomic E-state index is 13.7. The van der Waals surface area contributed by atoms with Gasteiger partial charge in [-0.25, -0.2) is 8.78 Å².